The number of aliphatic hydroxyl groups excluding tert-OH is 4. The van der Waals surface area contributed by atoms with E-state index in [0.29, 0.717) is 0 Å². The molecule has 24 heavy (non-hydrogen) atoms. The summed E-state index contributed by atoms with van der Waals surface area (Å²) in [6.07, 6.45) is -6.29. The molecule has 1 fully saturated rings. The Balaban J connectivity index is 0. The van der Waals surface area contributed by atoms with E-state index in [4.69, 9.17) is 9.84 Å². The van der Waals surface area contributed by atoms with Gasteiger partial charge in [0.25, 0.3) is 0 Å². The molecule has 0 spiro atoms. The van der Waals surface area contributed by atoms with E-state index in [-0.39, 0.29) is 11.6 Å². The predicted molar refractivity (Wildman–Crippen MR) is 82.8 cm³/mol. The molecule has 5 atom stereocenters. The van der Waals surface area contributed by atoms with E-state index in [1.54, 1.807) is 0 Å². The van der Waals surface area contributed by atoms with Crippen LogP contribution >= 0.6 is 0 Å². The minimum absolute atomic E-state index is 0.167. The van der Waals surface area contributed by atoms with Crippen molar-refractivity contribution < 1.29 is 44.3 Å². The molecule has 1 aliphatic rings. The maximum Gasteiger partial charge on any atom is 0.332 e. The summed E-state index contributed by atoms with van der Waals surface area (Å²) in [6.45, 7) is 8.69. The summed E-state index contributed by atoms with van der Waals surface area (Å²) in [5.74, 6) is -0.510. The monoisotopic (exact) mass is 350 g/mol. The van der Waals surface area contributed by atoms with Crippen molar-refractivity contribution in [2.24, 2.45) is 0 Å². The lowest BCUT2D eigenvalue weighted by molar-refractivity contribution is -0.291. The summed E-state index contributed by atoms with van der Waals surface area (Å²) < 4.78 is 9.49. The lowest BCUT2D eigenvalue weighted by Gasteiger charge is -2.38. The molecule has 4 N–H and O–H groups in total. The third-order valence-electron chi connectivity index (χ3n) is 2.25. The number of ether oxygens (including phenoxy) is 2. The lowest BCUT2D eigenvalue weighted by Crippen LogP contribution is -2.59. The largest absolute Gasteiger partial charge is 0.430 e. The second-order valence-corrected chi connectivity index (χ2v) is 5.15. The third kappa shape index (κ3) is 11.0. The number of aliphatic hydroxyl groups is 4. The zero-order valence-corrected chi connectivity index (χ0v) is 14.2. The number of ketones is 2. The fourth-order valence-electron chi connectivity index (χ4n) is 1.33. The molecular formula is C15H26O9. The van der Waals surface area contributed by atoms with Crippen LogP contribution in [0.15, 0.2) is 12.7 Å². The number of Topliss-reactive ketones (excluding diaryl/α,β-unsaturated/α-hetero) is 2. The van der Waals surface area contributed by atoms with Gasteiger partial charge in [0.2, 0.25) is 6.29 Å². The molecule has 0 bridgehead atoms. The minimum atomic E-state index is -1.58. The van der Waals surface area contributed by atoms with E-state index in [1.165, 1.54) is 27.7 Å². The second-order valence-electron chi connectivity index (χ2n) is 5.15. The summed E-state index contributed by atoms with van der Waals surface area (Å²) in [7, 11) is 0. The van der Waals surface area contributed by atoms with Crippen LogP contribution in [0.4, 0.5) is 0 Å². The molecule has 1 heterocycles. The summed E-state index contributed by atoms with van der Waals surface area (Å²) in [4.78, 5) is 29.8. The zero-order valence-electron chi connectivity index (χ0n) is 14.2. The van der Waals surface area contributed by atoms with Gasteiger partial charge in [0.05, 0.1) is 6.61 Å². The quantitative estimate of drug-likeness (QED) is 0.360. The first-order valence-corrected chi connectivity index (χ1v) is 7.05. The first kappa shape index (κ1) is 24.6. The van der Waals surface area contributed by atoms with E-state index >= 15 is 0 Å². The maximum atomic E-state index is 10.9. The fourth-order valence-corrected chi connectivity index (χ4v) is 1.33. The smallest absolute Gasteiger partial charge is 0.332 e. The van der Waals surface area contributed by atoms with Crippen LogP contribution < -0.4 is 0 Å². The SMILES string of the molecule is C=CC(=O)OC1O[C@H](CO)[C@H](O)[C@H](O)[C@H]1O.CC(C)=O.CC(C)=O. The van der Waals surface area contributed by atoms with Gasteiger partial charge < -0.3 is 39.5 Å². The van der Waals surface area contributed by atoms with Gasteiger partial charge >= 0.3 is 5.97 Å². The van der Waals surface area contributed by atoms with Gasteiger partial charge in [-0.3, -0.25) is 0 Å². The Kier molecular flexibility index (Phi) is 13.1. The normalized spacial score (nSPS) is 28.2. The fraction of sp³-hybridized carbons (Fsp3) is 0.667. The highest BCUT2D eigenvalue weighted by Crippen LogP contribution is 2.21. The molecule has 0 radical (unpaired) electrons. The Hall–Kier alpha value is -1.65. The van der Waals surface area contributed by atoms with Crippen LogP contribution in [0.3, 0.4) is 0 Å². The van der Waals surface area contributed by atoms with Crippen molar-refractivity contribution in [2.75, 3.05) is 6.61 Å². The van der Waals surface area contributed by atoms with E-state index in [1.807, 2.05) is 0 Å². The Morgan fingerprint density at radius 3 is 1.75 bits per heavy atom. The van der Waals surface area contributed by atoms with Gasteiger partial charge in [0.1, 0.15) is 36.0 Å². The molecule has 1 aliphatic heterocycles. The summed E-state index contributed by atoms with van der Waals surface area (Å²) in [5, 5.41) is 37.0. The molecule has 0 aromatic rings. The summed E-state index contributed by atoms with van der Waals surface area (Å²) in [6, 6.07) is 0. The van der Waals surface area contributed by atoms with E-state index in [0.717, 1.165) is 6.08 Å². The number of hydrogen-bond donors (Lipinski definition) is 4. The number of carbonyl (C=O) groups is 3. The van der Waals surface area contributed by atoms with Crippen molar-refractivity contribution in [1.82, 2.24) is 0 Å². The lowest BCUT2D eigenvalue weighted by atomic mass is 9.99. The van der Waals surface area contributed by atoms with Crippen LogP contribution in [0.1, 0.15) is 27.7 Å². The highest BCUT2D eigenvalue weighted by atomic mass is 16.7. The third-order valence-corrected chi connectivity index (χ3v) is 2.25. The van der Waals surface area contributed by atoms with Crippen molar-refractivity contribution in [3.8, 4) is 0 Å². The first-order chi connectivity index (χ1) is 11.0. The number of esters is 1. The Morgan fingerprint density at radius 2 is 1.42 bits per heavy atom. The highest BCUT2D eigenvalue weighted by Gasteiger charge is 2.45. The molecule has 140 valence electrons. The van der Waals surface area contributed by atoms with Gasteiger partial charge in [0, 0.05) is 6.08 Å². The van der Waals surface area contributed by atoms with Crippen LogP contribution in [-0.2, 0) is 23.9 Å². The zero-order chi connectivity index (χ0) is 19.4. The van der Waals surface area contributed by atoms with Gasteiger partial charge in [-0.2, -0.15) is 0 Å². The van der Waals surface area contributed by atoms with Crippen molar-refractivity contribution in [2.45, 2.75) is 58.4 Å². The molecule has 9 nitrogen and oxygen atoms in total. The van der Waals surface area contributed by atoms with Gasteiger partial charge in [-0.15, -0.1) is 0 Å². The molecular weight excluding hydrogens is 324 g/mol. The first-order valence-electron chi connectivity index (χ1n) is 7.05. The standard InChI is InChI=1S/C9H14O7.2C3H6O/c1-2-5(11)16-9-8(14)7(13)6(12)4(3-10)15-9;2*1-3(2)4/h2,4,6-10,12-14H,1,3H2;2*1-2H3/t4-,6+,7+,8-,9?;;/m1../s1. The Labute approximate surface area is 140 Å². The molecule has 0 saturated carbocycles. The van der Waals surface area contributed by atoms with Crippen molar-refractivity contribution in [3.63, 3.8) is 0 Å². The Bertz CT molecular complexity index is 399. The molecule has 1 unspecified atom stereocenters. The average molecular weight is 350 g/mol. The van der Waals surface area contributed by atoms with E-state index in [2.05, 4.69) is 11.3 Å². The van der Waals surface area contributed by atoms with Crippen LogP contribution in [-0.4, -0.2) is 75.3 Å². The second kappa shape index (κ2) is 12.7. The van der Waals surface area contributed by atoms with Gasteiger partial charge in [0.15, 0.2) is 0 Å². The van der Waals surface area contributed by atoms with Crippen LogP contribution in [0, 0.1) is 0 Å². The molecule has 0 aromatic carbocycles. The van der Waals surface area contributed by atoms with Gasteiger partial charge in [-0.05, 0) is 27.7 Å². The van der Waals surface area contributed by atoms with Crippen molar-refractivity contribution in [1.29, 1.82) is 0 Å². The topological polar surface area (TPSA) is 151 Å². The minimum Gasteiger partial charge on any atom is -0.430 e. The summed E-state index contributed by atoms with van der Waals surface area (Å²) in [5.41, 5.74) is 0. The van der Waals surface area contributed by atoms with E-state index < -0.39 is 43.3 Å². The molecule has 1 rings (SSSR count). The van der Waals surface area contributed by atoms with Crippen molar-refractivity contribution >= 4 is 17.5 Å². The number of carbonyl (C=O) groups excluding carboxylic acids is 3. The maximum absolute atomic E-state index is 10.9. The molecule has 9 heteroatoms. The van der Waals surface area contributed by atoms with Crippen LogP contribution in [0.5, 0.6) is 0 Å². The van der Waals surface area contributed by atoms with Crippen LogP contribution in [0.2, 0.25) is 0 Å². The van der Waals surface area contributed by atoms with E-state index in [9.17, 15) is 29.7 Å². The van der Waals surface area contributed by atoms with Gasteiger partial charge in [-0.1, -0.05) is 6.58 Å². The summed E-state index contributed by atoms with van der Waals surface area (Å²) >= 11 is 0. The number of hydrogen-bond acceptors (Lipinski definition) is 9. The molecule has 1 saturated heterocycles. The van der Waals surface area contributed by atoms with Crippen LogP contribution in [0.25, 0.3) is 0 Å². The number of rotatable bonds is 3. The molecule has 0 aromatic heterocycles. The predicted octanol–water partition coefficient (Wildman–Crippen LogP) is -1.29. The average Bonchev–Trinajstić information content (AvgIpc) is 2.46. The highest BCUT2D eigenvalue weighted by molar-refractivity contribution is 5.81. The molecule has 0 aliphatic carbocycles. The van der Waals surface area contributed by atoms with Gasteiger partial charge in [-0.25, -0.2) is 4.79 Å². The molecule has 0 amide bonds. The van der Waals surface area contributed by atoms with Crippen molar-refractivity contribution in [3.05, 3.63) is 12.7 Å². The Morgan fingerprint density at radius 1 is 1.00 bits per heavy atom.